The molecule has 3 heteroatoms. The quantitative estimate of drug-likeness (QED) is 0.419. The minimum atomic E-state index is -0.897. The van der Waals surface area contributed by atoms with Gasteiger partial charge in [-0.3, -0.25) is 0 Å². The van der Waals surface area contributed by atoms with E-state index in [0.29, 0.717) is 11.3 Å². The van der Waals surface area contributed by atoms with Crippen molar-refractivity contribution < 1.29 is 14.6 Å². The zero-order valence-corrected chi connectivity index (χ0v) is 15.9. The lowest BCUT2D eigenvalue weighted by Crippen LogP contribution is -2.48. The number of allylic oxidation sites excluding steroid dienone is 3. The molecular weight excluding hydrogens is 312 g/mol. The molecule has 0 heterocycles. The summed E-state index contributed by atoms with van der Waals surface area (Å²) in [4.78, 5) is 11.7. The number of carbonyl (C=O) groups is 1. The summed E-state index contributed by atoms with van der Waals surface area (Å²) >= 11 is 0. The number of fused-ring (bicyclic) bond motifs is 5. The highest BCUT2D eigenvalue weighted by molar-refractivity contribution is 5.85. The van der Waals surface area contributed by atoms with Gasteiger partial charge in [-0.25, -0.2) is 4.79 Å². The Morgan fingerprint density at radius 2 is 1.88 bits per heavy atom. The van der Waals surface area contributed by atoms with Crippen LogP contribution in [0.2, 0.25) is 0 Å². The van der Waals surface area contributed by atoms with Gasteiger partial charge in [0, 0.05) is 0 Å². The van der Waals surface area contributed by atoms with Gasteiger partial charge in [0.1, 0.15) is 0 Å². The number of ether oxygens (including phenoxy) is 1. The Morgan fingerprint density at radius 3 is 2.60 bits per heavy atom. The lowest BCUT2D eigenvalue weighted by molar-refractivity contribution is -0.136. The number of aliphatic carboxylic acids is 1. The molecule has 1 N–H and O–H groups in total. The summed E-state index contributed by atoms with van der Waals surface area (Å²) in [7, 11) is 1.51. The Kier molecular flexibility index (Phi) is 4.05. The smallest absolute Gasteiger partial charge is 0.371 e. The van der Waals surface area contributed by atoms with Crippen molar-refractivity contribution in [2.24, 2.45) is 28.6 Å². The van der Waals surface area contributed by atoms with Gasteiger partial charge in [-0.15, -0.1) is 0 Å². The number of carboxylic acid groups (broad SMARTS) is 1. The molecule has 3 nitrogen and oxygen atoms in total. The molecule has 0 aromatic carbocycles. The summed E-state index contributed by atoms with van der Waals surface area (Å²) in [6.45, 7) is 4.85. The van der Waals surface area contributed by atoms with Crippen molar-refractivity contribution in [2.75, 3.05) is 7.11 Å². The Morgan fingerprint density at radius 1 is 1.12 bits per heavy atom. The van der Waals surface area contributed by atoms with Crippen LogP contribution >= 0.6 is 0 Å². The van der Waals surface area contributed by atoms with Crippen LogP contribution in [0.1, 0.15) is 71.6 Å². The number of rotatable bonds is 2. The Bertz CT molecular complexity index is 646. The van der Waals surface area contributed by atoms with E-state index >= 15 is 0 Å². The highest BCUT2D eigenvalue weighted by Gasteiger charge is 2.57. The molecule has 0 bridgehead atoms. The van der Waals surface area contributed by atoms with Crippen molar-refractivity contribution in [3.05, 3.63) is 23.0 Å². The fourth-order valence-electron chi connectivity index (χ4n) is 7.22. The highest BCUT2D eigenvalue weighted by Crippen LogP contribution is 2.66. The van der Waals surface area contributed by atoms with Gasteiger partial charge < -0.3 is 9.84 Å². The molecule has 5 atom stereocenters. The van der Waals surface area contributed by atoms with Crippen LogP contribution in [0.15, 0.2) is 23.0 Å². The molecule has 138 valence electrons. The summed E-state index contributed by atoms with van der Waals surface area (Å²) in [6, 6.07) is 0. The lowest BCUT2D eigenvalue weighted by atomic mass is 9.48. The van der Waals surface area contributed by atoms with Crippen molar-refractivity contribution in [3.63, 3.8) is 0 Å². The second-order valence-electron chi connectivity index (χ2n) is 9.28. The highest BCUT2D eigenvalue weighted by atomic mass is 16.5. The van der Waals surface area contributed by atoms with Crippen LogP contribution in [0.25, 0.3) is 0 Å². The molecule has 3 fully saturated rings. The first-order valence-corrected chi connectivity index (χ1v) is 10.1. The minimum absolute atomic E-state index is 0.0151. The van der Waals surface area contributed by atoms with Gasteiger partial charge in [0.15, 0.2) is 0 Å². The van der Waals surface area contributed by atoms with Gasteiger partial charge in [-0.2, -0.15) is 0 Å². The third-order valence-corrected chi connectivity index (χ3v) is 8.47. The van der Waals surface area contributed by atoms with E-state index < -0.39 is 5.97 Å². The van der Waals surface area contributed by atoms with Gasteiger partial charge in [-0.1, -0.05) is 31.9 Å². The molecule has 0 radical (unpaired) electrons. The molecule has 3 saturated carbocycles. The third kappa shape index (κ3) is 2.34. The summed E-state index contributed by atoms with van der Waals surface area (Å²) in [5.41, 5.74) is 3.24. The van der Waals surface area contributed by atoms with Crippen molar-refractivity contribution in [1.29, 1.82) is 0 Å². The van der Waals surface area contributed by atoms with Crippen molar-refractivity contribution in [3.8, 4) is 0 Å². The minimum Gasteiger partial charge on any atom is -0.490 e. The van der Waals surface area contributed by atoms with E-state index in [-0.39, 0.29) is 11.2 Å². The fraction of sp³-hybridized carbons (Fsp3) is 0.773. The van der Waals surface area contributed by atoms with Crippen molar-refractivity contribution in [1.82, 2.24) is 0 Å². The molecule has 25 heavy (non-hydrogen) atoms. The molecule has 0 aromatic heterocycles. The zero-order valence-electron chi connectivity index (χ0n) is 15.9. The maximum absolute atomic E-state index is 11.7. The van der Waals surface area contributed by atoms with E-state index in [2.05, 4.69) is 19.9 Å². The standard InChI is InChI=1S/C22H32O3/c1-21-12-5-4-6-14(21)7-8-15-16-9-10-18(19(25-3)20(23)24)22(16,2)13-11-17(15)21/h7,15-17H,4-6,8-13H2,1-3H3,(H,23,24)/t15-,16-,17-,21-,22-/m0/s1. The van der Waals surface area contributed by atoms with Crippen LogP contribution in [-0.4, -0.2) is 18.2 Å². The predicted octanol–water partition coefficient (Wildman–Crippen LogP) is 5.32. The largest absolute Gasteiger partial charge is 0.490 e. The average molecular weight is 344 g/mol. The van der Waals surface area contributed by atoms with Gasteiger partial charge in [0.05, 0.1) is 7.11 Å². The topological polar surface area (TPSA) is 46.5 Å². The van der Waals surface area contributed by atoms with Crippen LogP contribution in [-0.2, 0) is 9.53 Å². The van der Waals surface area contributed by atoms with E-state index in [9.17, 15) is 9.90 Å². The number of hydrogen-bond acceptors (Lipinski definition) is 2. The molecule has 0 unspecified atom stereocenters. The number of methoxy groups -OCH3 is 1. The molecule has 0 saturated heterocycles. The molecule has 4 rings (SSSR count). The maximum Gasteiger partial charge on any atom is 0.371 e. The average Bonchev–Trinajstić information content (AvgIpc) is 2.92. The normalized spacial score (nSPS) is 44.9. The first-order valence-electron chi connectivity index (χ1n) is 10.1. The SMILES string of the molecule is COC(C(=O)O)=C1CC[C@H]2[C@@H]3CC=C4CCCC[C@]4(C)[C@H]3CC[C@]12C. The van der Waals surface area contributed by atoms with Crippen molar-refractivity contribution >= 4 is 5.97 Å². The van der Waals surface area contributed by atoms with Crippen LogP contribution in [0, 0.1) is 28.6 Å². The predicted molar refractivity (Wildman–Crippen MR) is 98.0 cm³/mol. The molecule has 4 aliphatic carbocycles. The number of hydrogen-bond donors (Lipinski definition) is 1. The summed E-state index contributed by atoms with van der Waals surface area (Å²) in [5, 5.41) is 9.57. The van der Waals surface area contributed by atoms with E-state index in [1.165, 1.54) is 45.6 Å². The maximum atomic E-state index is 11.7. The Hall–Kier alpha value is -1.25. The summed E-state index contributed by atoms with van der Waals surface area (Å²) < 4.78 is 5.32. The van der Waals surface area contributed by atoms with Gasteiger partial charge in [-0.05, 0) is 85.5 Å². The van der Waals surface area contributed by atoms with E-state index in [1.807, 2.05) is 0 Å². The summed E-state index contributed by atoms with van der Waals surface area (Å²) in [5.74, 6) is 1.45. The monoisotopic (exact) mass is 344 g/mol. The molecule has 0 aliphatic heterocycles. The second-order valence-corrected chi connectivity index (χ2v) is 9.28. The van der Waals surface area contributed by atoms with Crippen LogP contribution in [0.5, 0.6) is 0 Å². The molecule has 0 amide bonds. The van der Waals surface area contributed by atoms with E-state index in [0.717, 1.165) is 36.7 Å². The van der Waals surface area contributed by atoms with Gasteiger partial charge in [0.2, 0.25) is 5.76 Å². The van der Waals surface area contributed by atoms with Crippen molar-refractivity contribution in [2.45, 2.75) is 71.6 Å². The molecule has 0 spiro atoms. The molecule has 4 aliphatic rings. The van der Waals surface area contributed by atoms with Crippen LogP contribution in [0.3, 0.4) is 0 Å². The molecular formula is C22H32O3. The first kappa shape index (κ1) is 17.2. The molecule has 0 aromatic rings. The van der Waals surface area contributed by atoms with Gasteiger partial charge in [0.25, 0.3) is 0 Å². The zero-order chi connectivity index (χ0) is 17.8. The first-order chi connectivity index (χ1) is 11.9. The Balaban J connectivity index is 1.71. The van der Waals surface area contributed by atoms with Crippen LogP contribution in [0.4, 0.5) is 0 Å². The Labute approximate surface area is 151 Å². The third-order valence-electron chi connectivity index (χ3n) is 8.47. The lowest BCUT2D eigenvalue weighted by Gasteiger charge is -2.57. The van der Waals surface area contributed by atoms with Crippen LogP contribution < -0.4 is 0 Å². The van der Waals surface area contributed by atoms with E-state index in [1.54, 1.807) is 5.57 Å². The van der Waals surface area contributed by atoms with E-state index in [4.69, 9.17) is 4.74 Å². The van der Waals surface area contributed by atoms with Gasteiger partial charge >= 0.3 is 5.97 Å². The fourth-order valence-corrected chi connectivity index (χ4v) is 7.22. The second kappa shape index (κ2) is 5.89. The number of carboxylic acids is 1. The summed E-state index contributed by atoms with van der Waals surface area (Å²) in [6.07, 6.45) is 13.6.